The molecule has 0 spiro atoms. The number of unbranched alkanes of at least 4 members (excludes halogenated alkanes) is 28. The number of amides is 1. The minimum absolute atomic E-state index is 0.0715. The van der Waals surface area contributed by atoms with Crippen LogP contribution in [0.15, 0.2) is 60.8 Å². The van der Waals surface area contributed by atoms with Gasteiger partial charge in [-0.3, -0.25) is 13.8 Å². The summed E-state index contributed by atoms with van der Waals surface area (Å²) in [5.74, 6) is -0.151. The highest BCUT2D eigenvalue weighted by Gasteiger charge is 2.28. The molecule has 0 heterocycles. The van der Waals surface area contributed by atoms with E-state index in [2.05, 4.69) is 79.9 Å². The molecule has 0 aromatic carbocycles. The third-order valence-corrected chi connectivity index (χ3v) is 13.5. The molecule has 67 heavy (non-hydrogen) atoms. The van der Waals surface area contributed by atoms with Gasteiger partial charge in [0.25, 0.3) is 0 Å². The highest BCUT2D eigenvalue weighted by Crippen LogP contribution is 2.43. The molecule has 9 heteroatoms. The van der Waals surface area contributed by atoms with Gasteiger partial charge in [-0.05, 0) is 57.8 Å². The van der Waals surface area contributed by atoms with Crippen molar-refractivity contribution in [3.05, 3.63) is 60.8 Å². The number of hydrogen-bond acceptors (Lipinski definition) is 5. The molecular weight excluding hydrogens is 852 g/mol. The maximum atomic E-state index is 13.0. The monoisotopic (exact) mass is 962 g/mol. The van der Waals surface area contributed by atoms with Crippen LogP contribution in [-0.2, 0) is 18.4 Å². The van der Waals surface area contributed by atoms with Gasteiger partial charge in [0.1, 0.15) is 13.2 Å². The van der Waals surface area contributed by atoms with Crippen molar-refractivity contribution in [2.75, 3.05) is 40.9 Å². The normalized spacial score (nSPS) is 14.4. The Kier molecular flexibility index (Phi) is 47.9. The second-order valence-corrected chi connectivity index (χ2v) is 21.7. The first-order valence-electron chi connectivity index (χ1n) is 28.2. The lowest BCUT2D eigenvalue weighted by molar-refractivity contribution is -0.870. The SMILES string of the molecule is CC/C=C\C/C=C\C/C=C\C/C=C\C/C=C\CCCCCCCCCCCC(=O)NC(COP(=O)(O)OCC[N+](C)(C)C)C(O)CCCCCCCCCCCCCCCCCCCCCC. The van der Waals surface area contributed by atoms with E-state index in [1.54, 1.807) is 0 Å². The van der Waals surface area contributed by atoms with E-state index in [9.17, 15) is 19.4 Å². The number of likely N-dealkylation sites (N-methyl/N-ethyl adjacent to an activating group) is 1. The fourth-order valence-corrected chi connectivity index (χ4v) is 8.87. The van der Waals surface area contributed by atoms with E-state index in [4.69, 9.17) is 9.05 Å². The Hall–Kier alpha value is -1.80. The molecule has 0 rings (SSSR count). The quantitative estimate of drug-likeness (QED) is 0.0243. The first-order valence-corrected chi connectivity index (χ1v) is 29.6. The maximum absolute atomic E-state index is 13.0. The summed E-state index contributed by atoms with van der Waals surface area (Å²) < 4.78 is 23.8. The number of phosphoric acid groups is 1. The third kappa shape index (κ3) is 51.9. The summed E-state index contributed by atoms with van der Waals surface area (Å²) in [6.45, 7) is 4.79. The van der Waals surface area contributed by atoms with Gasteiger partial charge in [-0.15, -0.1) is 0 Å². The zero-order valence-electron chi connectivity index (χ0n) is 44.6. The van der Waals surface area contributed by atoms with Gasteiger partial charge in [-0.2, -0.15) is 0 Å². The highest BCUT2D eigenvalue weighted by molar-refractivity contribution is 7.47. The molecule has 3 unspecified atom stereocenters. The van der Waals surface area contributed by atoms with E-state index in [1.807, 2.05) is 21.1 Å². The van der Waals surface area contributed by atoms with Crippen molar-refractivity contribution in [3.8, 4) is 0 Å². The Morgan fingerprint density at radius 3 is 1.31 bits per heavy atom. The van der Waals surface area contributed by atoms with Gasteiger partial charge in [0, 0.05) is 6.42 Å². The Labute approximate surface area is 415 Å². The summed E-state index contributed by atoms with van der Waals surface area (Å²) in [5.41, 5.74) is 0. The lowest BCUT2D eigenvalue weighted by Gasteiger charge is -2.26. The summed E-state index contributed by atoms with van der Waals surface area (Å²) in [6.07, 6.45) is 65.5. The molecule has 0 saturated heterocycles. The summed E-state index contributed by atoms with van der Waals surface area (Å²) >= 11 is 0. The van der Waals surface area contributed by atoms with E-state index < -0.39 is 20.0 Å². The zero-order valence-corrected chi connectivity index (χ0v) is 45.5. The molecule has 392 valence electrons. The number of phosphoric ester groups is 1. The van der Waals surface area contributed by atoms with Crippen LogP contribution in [0, 0.1) is 0 Å². The largest absolute Gasteiger partial charge is 0.472 e. The lowest BCUT2D eigenvalue weighted by Crippen LogP contribution is -2.46. The molecule has 1 amide bonds. The zero-order chi connectivity index (χ0) is 49.2. The number of hydrogen-bond donors (Lipinski definition) is 3. The third-order valence-electron chi connectivity index (χ3n) is 12.5. The molecule has 8 nitrogen and oxygen atoms in total. The molecule has 0 aliphatic rings. The molecule has 0 bridgehead atoms. The average molecular weight is 962 g/mol. The molecule has 3 atom stereocenters. The summed E-state index contributed by atoms with van der Waals surface area (Å²) in [4.78, 5) is 23.3. The Morgan fingerprint density at radius 1 is 0.522 bits per heavy atom. The topological polar surface area (TPSA) is 105 Å². The van der Waals surface area contributed by atoms with E-state index in [1.165, 1.54) is 148 Å². The predicted molar refractivity (Wildman–Crippen MR) is 290 cm³/mol. The smallest absolute Gasteiger partial charge is 0.391 e. The van der Waals surface area contributed by atoms with Crippen molar-refractivity contribution < 1.29 is 32.9 Å². The van der Waals surface area contributed by atoms with Crippen LogP contribution in [0.1, 0.15) is 251 Å². The predicted octanol–water partition coefficient (Wildman–Crippen LogP) is 16.9. The fourth-order valence-electron chi connectivity index (χ4n) is 8.13. The first kappa shape index (κ1) is 65.2. The molecule has 0 aliphatic heterocycles. The van der Waals surface area contributed by atoms with Crippen molar-refractivity contribution in [2.24, 2.45) is 0 Å². The van der Waals surface area contributed by atoms with Gasteiger partial charge in [0.2, 0.25) is 5.91 Å². The Balaban J connectivity index is 4.21. The minimum Gasteiger partial charge on any atom is -0.391 e. The van der Waals surface area contributed by atoms with Crippen LogP contribution >= 0.6 is 7.82 Å². The summed E-state index contributed by atoms with van der Waals surface area (Å²) in [5, 5.41) is 14.1. The van der Waals surface area contributed by atoms with Gasteiger partial charge in [-0.1, -0.05) is 248 Å². The van der Waals surface area contributed by atoms with Crippen LogP contribution in [0.4, 0.5) is 0 Å². The van der Waals surface area contributed by atoms with Crippen molar-refractivity contribution >= 4 is 13.7 Å². The summed E-state index contributed by atoms with van der Waals surface area (Å²) in [6, 6.07) is -0.767. The van der Waals surface area contributed by atoms with Crippen LogP contribution in [-0.4, -0.2) is 73.4 Å². The lowest BCUT2D eigenvalue weighted by atomic mass is 10.0. The highest BCUT2D eigenvalue weighted by atomic mass is 31.2. The van der Waals surface area contributed by atoms with Gasteiger partial charge < -0.3 is 19.8 Å². The average Bonchev–Trinajstić information content (AvgIpc) is 3.29. The van der Waals surface area contributed by atoms with Gasteiger partial charge in [-0.25, -0.2) is 4.57 Å². The molecule has 3 N–H and O–H groups in total. The molecule has 0 aliphatic carbocycles. The van der Waals surface area contributed by atoms with E-state index in [-0.39, 0.29) is 19.1 Å². The van der Waals surface area contributed by atoms with Gasteiger partial charge >= 0.3 is 7.82 Å². The van der Waals surface area contributed by atoms with Crippen molar-refractivity contribution in [3.63, 3.8) is 0 Å². The van der Waals surface area contributed by atoms with Crippen molar-refractivity contribution in [2.45, 2.75) is 264 Å². The Bertz CT molecular complexity index is 1270. The molecule has 0 saturated carbocycles. The molecule has 0 fully saturated rings. The maximum Gasteiger partial charge on any atom is 0.472 e. The number of nitrogens with one attached hydrogen (secondary N) is 1. The molecule has 0 radical (unpaired) electrons. The number of aliphatic hydroxyl groups excluding tert-OH is 1. The van der Waals surface area contributed by atoms with Crippen LogP contribution in [0.25, 0.3) is 0 Å². The number of quaternary nitrogens is 1. The van der Waals surface area contributed by atoms with Crippen molar-refractivity contribution in [1.29, 1.82) is 0 Å². The molecule has 0 aromatic heterocycles. The van der Waals surface area contributed by atoms with E-state index >= 15 is 0 Å². The number of rotatable bonds is 51. The van der Waals surface area contributed by atoms with Crippen LogP contribution in [0.2, 0.25) is 0 Å². The standard InChI is InChI=1S/C58H109N2O6P/c1-6-8-10-12-14-16-18-20-22-24-26-28-29-30-31-32-34-36-38-40-42-44-46-48-50-52-58(62)59-56(55-66-67(63,64)65-54-53-60(3,4)5)57(61)51-49-47-45-43-41-39-37-35-33-27-25-23-21-19-17-15-13-11-9-7-2/h8,10,14,16,20,22,26,28,30-31,56-57,61H,6-7,9,11-13,15,17-19,21,23-25,27,29,32-55H2,1-5H3,(H-,59,62,63,64)/p+1/b10-8-,16-14-,22-20-,28-26-,31-30-. The Morgan fingerprint density at radius 2 is 0.896 bits per heavy atom. The minimum atomic E-state index is -4.33. The van der Waals surface area contributed by atoms with Gasteiger partial charge in [0.05, 0.1) is 39.9 Å². The van der Waals surface area contributed by atoms with E-state index in [0.717, 1.165) is 77.0 Å². The fraction of sp³-hybridized carbons (Fsp3) is 0.810. The summed E-state index contributed by atoms with van der Waals surface area (Å²) in [7, 11) is 1.61. The van der Waals surface area contributed by atoms with Crippen LogP contribution in [0.5, 0.6) is 0 Å². The van der Waals surface area contributed by atoms with Gasteiger partial charge in [0.15, 0.2) is 0 Å². The number of carbonyl (C=O) groups is 1. The number of carbonyl (C=O) groups excluding carboxylic acids is 1. The van der Waals surface area contributed by atoms with E-state index in [0.29, 0.717) is 23.9 Å². The second kappa shape index (κ2) is 49.2. The number of aliphatic hydroxyl groups is 1. The van der Waals surface area contributed by atoms with Crippen molar-refractivity contribution in [1.82, 2.24) is 5.32 Å². The molecular formula is C58H110N2O6P+. The number of allylic oxidation sites excluding steroid dienone is 10. The molecule has 0 aromatic rings. The van der Waals surface area contributed by atoms with Crippen LogP contribution < -0.4 is 5.32 Å². The first-order chi connectivity index (χ1) is 32.5. The van der Waals surface area contributed by atoms with Crippen LogP contribution in [0.3, 0.4) is 0 Å². The number of nitrogens with zero attached hydrogens (tertiary/aromatic N) is 1. The second-order valence-electron chi connectivity index (χ2n) is 20.3.